The molecule has 0 bridgehead atoms. The Balaban J connectivity index is 1.85. The van der Waals surface area contributed by atoms with E-state index in [1.54, 1.807) is 40.5 Å². The number of benzene rings is 2. The lowest BCUT2D eigenvalue weighted by molar-refractivity contribution is 0.0754. The Labute approximate surface area is 183 Å². The quantitative estimate of drug-likeness (QED) is 0.487. The summed E-state index contributed by atoms with van der Waals surface area (Å²) in [5.41, 5.74) is 1.73. The van der Waals surface area contributed by atoms with Crippen molar-refractivity contribution in [2.75, 3.05) is 11.3 Å². The summed E-state index contributed by atoms with van der Waals surface area (Å²) in [5.74, 6) is -0.199. The van der Waals surface area contributed by atoms with Crippen molar-refractivity contribution in [3.05, 3.63) is 80.5 Å². The van der Waals surface area contributed by atoms with E-state index >= 15 is 0 Å². The molecular formula is C21H21BrN2O3S2. The summed E-state index contributed by atoms with van der Waals surface area (Å²) in [5, 5.41) is 1.97. The van der Waals surface area contributed by atoms with E-state index in [4.69, 9.17) is 0 Å². The molecule has 0 saturated carbocycles. The molecule has 1 amide bonds. The number of rotatable bonds is 7. The lowest BCUT2D eigenvalue weighted by Gasteiger charge is -2.20. The van der Waals surface area contributed by atoms with Crippen LogP contribution in [0, 0.1) is 6.92 Å². The molecule has 1 heterocycles. The van der Waals surface area contributed by atoms with Crippen LogP contribution in [-0.2, 0) is 16.6 Å². The normalized spacial score (nSPS) is 11.3. The fourth-order valence-electron chi connectivity index (χ4n) is 2.82. The highest BCUT2D eigenvalue weighted by molar-refractivity contribution is 9.10. The second-order valence-electron chi connectivity index (χ2n) is 6.52. The van der Waals surface area contributed by atoms with E-state index in [0.717, 1.165) is 10.4 Å². The first-order valence-electron chi connectivity index (χ1n) is 9.01. The van der Waals surface area contributed by atoms with Crippen LogP contribution in [0.5, 0.6) is 0 Å². The second-order valence-corrected chi connectivity index (χ2v) is 10.1. The maximum atomic E-state index is 12.9. The molecule has 0 saturated heterocycles. The number of aryl methyl sites for hydroxylation is 1. The fraction of sp³-hybridized carbons (Fsp3) is 0.190. The van der Waals surface area contributed by atoms with Gasteiger partial charge < -0.3 is 4.90 Å². The molecule has 3 rings (SSSR count). The summed E-state index contributed by atoms with van der Waals surface area (Å²) in [6.07, 6.45) is 0. The van der Waals surface area contributed by atoms with E-state index in [0.29, 0.717) is 28.8 Å². The highest BCUT2D eigenvalue weighted by Crippen LogP contribution is 2.26. The maximum Gasteiger partial charge on any atom is 0.261 e. The third-order valence-electron chi connectivity index (χ3n) is 4.35. The largest absolute Gasteiger partial charge is 0.334 e. The van der Waals surface area contributed by atoms with Crippen LogP contribution in [0.25, 0.3) is 0 Å². The molecule has 0 aliphatic carbocycles. The van der Waals surface area contributed by atoms with Gasteiger partial charge in [0.15, 0.2) is 0 Å². The first-order chi connectivity index (χ1) is 13.8. The highest BCUT2D eigenvalue weighted by Gasteiger charge is 2.20. The molecule has 1 aromatic heterocycles. The van der Waals surface area contributed by atoms with Crippen molar-refractivity contribution in [2.45, 2.75) is 25.3 Å². The zero-order valence-electron chi connectivity index (χ0n) is 16.1. The van der Waals surface area contributed by atoms with Gasteiger partial charge >= 0.3 is 0 Å². The molecule has 0 fully saturated rings. The van der Waals surface area contributed by atoms with Crippen LogP contribution in [0.4, 0.5) is 5.69 Å². The van der Waals surface area contributed by atoms with Gasteiger partial charge in [0.25, 0.3) is 15.9 Å². The average Bonchev–Trinajstić information content (AvgIpc) is 3.21. The molecule has 0 aliphatic rings. The van der Waals surface area contributed by atoms with Crippen molar-refractivity contribution in [1.29, 1.82) is 0 Å². The Hall–Kier alpha value is -2.16. The lowest BCUT2D eigenvalue weighted by atomic mass is 10.2. The summed E-state index contributed by atoms with van der Waals surface area (Å²) in [4.78, 5) is 15.8. The Morgan fingerprint density at radius 3 is 2.62 bits per heavy atom. The number of amides is 1. The topological polar surface area (TPSA) is 66.5 Å². The summed E-state index contributed by atoms with van der Waals surface area (Å²) in [7, 11) is -3.84. The predicted octanol–water partition coefficient (Wildman–Crippen LogP) is 5.28. The van der Waals surface area contributed by atoms with Gasteiger partial charge in [-0.25, -0.2) is 8.42 Å². The molecule has 0 spiro atoms. The Kier molecular flexibility index (Phi) is 6.77. The first-order valence-corrected chi connectivity index (χ1v) is 12.2. The average molecular weight is 493 g/mol. The number of hydrogen-bond donors (Lipinski definition) is 1. The number of sulfonamides is 1. The third-order valence-corrected chi connectivity index (χ3v) is 7.27. The number of halogens is 1. The SMILES string of the molecule is CCN(Cc1cccs1)C(=O)c1cccc(S(=O)(=O)Nc2cc(C)ccc2Br)c1. The van der Waals surface area contributed by atoms with Crippen molar-refractivity contribution in [2.24, 2.45) is 0 Å². The van der Waals surface area contributed by atoms with E-state index in [1.807, 2.05) is 37.4 Å². The molecular weight excluding hydrogens is 472 g/mol. The number of hydrogen-bond acceptors (Lipinski definition) is 4. The van der Waals surface area contributed by atoms with E-state index in [2.05, 4.69) is 20.7 Å². The zero-order chi connectivity index (χ0) is 21.0. The standard InChI is InChI=1S/C21H21BrN2O3S2/c1-3-24(14-17-7-5-11-28-17)21(25)16-6-4-8-18(13-16)29(26,27)23-20-12-15(2)9-10-19(20)22/h4-13,23H,3,14H2,1-2H3. The van der Waals surface area contributed by atoms with Crippen LogP contribution in [-0.4, -0.2) is 25.8 Å². The Morgan fingerprint density at radius 2 is 1.93 bits per heavy atom. The summed E-state index contributed by atoms with van der Waals surface area (Å²) >= 11 is 4.95. The Bertz CT molecular complexity index is 1110. The molecule has 2 aromatic carbocycles. The minimum Gasteiger partial charge on any atom is -0.334 e. The summed E-state index contributed by atoms with van der Waals surface area (Å²) in [6.45, 7) is 4.82. The van der Waals surface area contributed by atoms with Gasteiger partial charge in [-0.15, -0.1) is 11.3 Å². The van der Waals surface area contributed by atoms with E-state index in [9.17, 15) is 13.2 Å². The lowest BCUT2D eigenvalue weighted by Crippen LogP contribution is -2.30. The van der Waals surface area contributed by atoms with Gasteiger partial charge in [-0.1, -0.05) is 18.2 Å². The predicted molar refractivity (Wildman–Crippen MR) is 121 cm³/mol. The smallest absolute Gasteiger partial charge is 0.261 e. The van der Waals surface area contributed by atoms with Crippen LogP contribution < -0.4 is 4.72 Å². The number of anilines is 1. The second kappa shape index (κ2) is 9.11. The van der Waals surface area contributed by atoms with Crippen molar-refractivity contribution < 1.29 is 13.2 Å². The van der Waals surface area contributed by atoms with Crippen molar-refractivity contribution in [3.63, 3.8) is 0 Å². The van der Waals surface area contributed by atoms with E-state index in [-0.39, 0.29) is 10.8 Å². The zero-order valence-corrected chi connectivity index (χ0v) is 19.3. The number of thiophene rings is 1. The van der Waals surface area contributed by atoms with Gasteiger partial charge in [0.1, 0.15) is 0 Å². The van der Waals surface area contributed by atoms with Gasteiger partial charge in [0.2, 0.25) is 0 Å². The number of carbonyl (C=O) groups excluding carboxylic acids is 1. The molecule has 5 nitrogen and oxygen atoms in total. The van der Waals surface area contributed by atoms with Crippen LogP contribution >= 0.6 is 27.3 Å². The number of nitrogens with zero attached hydrogens (tertiary/aromatic N) is 1. The summed E-state index contributed by atoms with van der Waals surface area (Å²) in [6, 6.07) is 15.5. The molecule has 29 heavy (non-hydrogen) atoms. The molecule has 0 atom stereocenters. The fourth-order valence-corrected chi connectivity index (χ4v) is 5.13. The van der Waals surface area contributed by atoms with Gasteiger partial charge in [-0.05, 0) is 77.1 Å². The monoisotopic (exact) mass is 492 g/mol. The van der Waals surface area contributed by atoms with Crippen LogP contribution in [0.2, 0.25) is 0 Å². The van der Waals surface area contributed by atoms with Crippen LogP contribution in [0.3, 0.4) is 0 Å². The third kappa shape index (κ3) is 5.26. The minimum atomic E-state index is -3.84. The van der Waals surface area contributed by atoms with Gasteiger partial charge in [-0.3, -0.25) is 9.52 Å². The first kappa shape index (κ1) is 21.5. The molecule has 0 aliphatic heterocycles. The highest BCUT2D eigenvalue weighted by atomic mass is 79.9. The molecule has 152 valence electrons. The van der Waals surface area contributed by atoms with E-state index < -0.39 is 10.0 Å². The van der Waals surface area contributed by atoms with Crippen molar-refractivity contribution >= 4 is 48.9 Å². The molecule has 3 aromatic rings. The van der Waals surface area contributed by atoms with E-state index in [1.165, 1.54) is 12.1 Å². The number of nitrogens with one attached hydrogen (secondary N) is 1. The molecule has 0 unspecified atom stereocenters. The van der Waals surface area contributed by atoms with Crippen LogP contribution in [0.15, 0.2) is 69.3 Å². The minimum absolute atomic E-state index is 0.0453. The van der Waals surface area contributed by atoms with Crippen molar-refractivity contribution in [3.8, 4) is 0 Å². The summed E-state index contributed by atoms with van der Waals surface area (Å²) < 4.78 is 29.0. The van der Waals surface area contributed by atoms with Crippen molar-refractivity contribution in [1.82, 2.24) is 4.90 Å². The molecule has 0 radical (unpaired) electrons. The Morgan fingerprint density at radius 1 is 1.14 bits per heavy atom. The maximum absolute atomic E-state index is 12.9. The van der Waals surface area contributed by atoms with Gasteiger partial charge in [-0.2, -0.15) is 0 Å². The van der Waals surface area contributed by atoms with Crippen LogP contribution in [0.1, 0.15) is 27.7 Å². The van der Waals surface area contributed by atoms with Gasteiger partial charge in [0.05, 0.1) is 17.1 Å². The van der Waals surface area contributed by atoms with Gasteiger partial charge in [0, 0.05) is 21.5 Å². The number of carbonyl (C=O) groups is 1. The molecule has 8 heteroatoms. The molecule has 1 N–H and O–H groups in total.